The lowest BCUT2D eigenvalue weighted by Gasteiger charge is -2.06. The number of nitrogens with zero attached hydrogens (tertiary/aromatic N) is 2. The number of halogens is 2. The Hall–Kier alpha value is -2.22. The molecule has 146 valence electrons. The van der Waals surface area contributed by atoms with Crippen molar-refractivity contribution in [1.82, 2.24) is 10.2 Å². The van der Waals surface area contributed by atoms with Gasteiger partial charge in [-0.3, -0.25) is 4.79 Å². The van der Waals surface area contributed by atoms with Crippen molar-refractivity contribution >= 4 is 46.6 Å². The largest absolute Gasteiger partial charge is 0.484 e. The molecule has 1 amide bonds. The topological polar surface area (TPSA) is 77.2 Å². The fourth-order valence-corrected chi connectivity index (χ4v) is 3.08. The van der Waals surface area contributed by atoms with Crippen molar-refractivity contribution in [1.29, 1.82) is 0 Å². The minimum atomic E-state index is -0.227. The van der Waals surface area contributed by atoms with Crippen LogP contribution in [0, 0.1) is 13.8 Å². The van der Waals surface area contributed by atoms with E-state index in [9.17, 15) is 4.79 Å². The molecule has 3 rings (SSSR count). The van der Waals surface area contributed by atoms with Gasteiger partial charge in [0.25, 0.3) is 11.1 Å². The van der Waals surface area contributed by atoms with Crippen LogP contribution in [0.5, 0.6) is 5.75 Å². The highest BCUT2D eigenvalue weighted by Crippen LogP contribution is 2.25. The number of aromatic nitrogens is 2. The Balaban J connectivity index is 1.48. The van der Waals surface area contributed by atoms with Crippen molar-refractivity contribution in [3.8, 4) is 5.75 Å². The third-order valence-electron chi connectivity index (χ3n) is 3.82. The van der Waals surface area contributed by atoms with Crippen LogP contribution in [0.2, 0.25) is 10.0 Å². The molecule has 0 atom stereocenters. The predicted octanol–water partition coefficient (Wildman–Crippen LogP) is 5.30. The average Bonchev–Trinajstić information content (AvgIpc) is 3.12. The smallest absolute Gasteiger partial charge is 0.277 e. The number of nitrogens with one attached hydrogen (secondary N) is 1. The number of carbonyl (C=O) groups is 1. The summed E-state index contributed by atoms with van der Waals surface area (Å²) in [6, 6.07) is 10.7. The van der Waals surface area contributed by atoms with Crippen LogP contribution in [0.1, 0.15) is 17.0 Å². The molecule has 0 aliphatic rings. The van der Waals surface area contributed by atoms with Crippen LogP contribution in [-0.2, 0) is 11.4 Å². The monoisotopic (exact) mass is 437 g/mol. The SMILES string of the molecule is Cc1ccc(OCc2nnc(SCC(=O)Nc3ccc(Cl)c(Cl)c3)o2)cc1C. The van der Waals surface area contributed by atoms with Gasteiger partial charge in [-0.2, -0.15) is 0 Å². The summed E-state index contributed by atoms with van der Waals surface area (Å²) in [6.45, 7) is 4.22. The average molecular weight is 438 g/mol. The van der Waals surface area contributed by atoms with E-state index in [0.717, 1.165) is 23.1 Å². The molecule has 0 aliphatic carbocycles. The quantitative estimate of drug-likeness (QED) is 0.505. The van der Waals surface area contributed by atoms with Crippen LogP contribution in [0.25, 0.3) is 0 Å². The van der Waals surface area contributed by atoms with E-state index in [4.69, 9.17) is 32.4 Å². The van der Waals surface area contributed by atoms with Gasteiger partial charge < -0.3 is 14.5 Å². The molecule has 28 heavy (non-hydrogen) atoms. The third-order valence-corrected chi connectivity index (χ3v) is 5.38. The summed E-state index contributed by atoms with van der Waals surface area (Å²) < 4.78 is 11.2. The maximum absolute atomic E-state index is 12.0. The molecule has 0 aliphatic heterocycles. The molecule has 0 unspecified atom stereocenters. The van der Waals surface area contributed by atoms with E-state index in [1.54, 1.807) is 18.2 Å². The second-order valence-corrected chi connectivity index (χ2v) is 7.70. The van der Waals surface area contributed by atoms with Crippen molar-refractivity contribution in [2.45, 2.75) is 25.7 Å². The lowest BCUT2D eigenvalue weighted by Crippen LogP contribution is -2.13. The molecule has 0 spiro atoms. The van der Waals surface area contributed by atoms with Crippen molar-refractivity contribution < 1.29 is 13.9 Å². The highest BCUT2D eigenvalue weighted by Gasteiger charge is 2.11. The van der Waals surface area contributed by atoms with E-state index in [-0.39, 0.29) is 18.3 Å². The van der Waals surface area contributed by atoms with Gasteiger partial charge in [0.1, 0.15) is 5.75 Å². The zero-order chi connectivity index (χ0) is 20.1. The van der Waals surface area contributed by atoms with Crippen molar-refractivity contribution in [3.05, 3.63) is 63.5 Å². The lowest BCUT2D eigenvalue weighted by atomic mass is 10.1. The van der Waals surface area contributed by atoms with E-state index in [1.807, 2.05) is 32.0 Å². The first-order chi connectivity index (χ1) is 13.4. The van der Waals surface area contributed by atoms with Gasteiger partial charge >= 0.3 is 0 Å². The van der Waals surface area contributed by atoms with Gasteiger partial charge in [0.05, 0.1) is 15.8 Å². The third kappa shape index (κ3) is 5.64. The molecule has 1 heterocycles. The number of amides is 1. The number of rotatable bonds is 7. The summed E-state index contributed by atoms with van der Waals surface area (Å²) in [6.07, 6.45) is 0. The number of carbonyl (C=O) groups excluding carboxylic acids is 1. The Morgan fingerprint density at radius 2 is 1.93 bits per heavy atom. The fraction of sp³-hybridized carbons (Fsp3) is 0.211. The molecule has 2 aromatic carbocycles. The maximum atomic E-state index is 12.0. The number of anilines is 1. The summed E-state index contributed by atoms with van der Waals surface area (Å²) in [5, 5.41) is 11.7. The maximum Gasteiger partial charge on any atom is 0.277 e. The minimum Gasteiger partial charge on any atom is -0.484 e. The Bertz CT molecular complexity index is 994. The first-order valence-electron chi connectivity index (χ1n) is 8.31. The predicted molar refractivity (Wildman–Crippen MR) is 110 cm³/mol. The Morgan fingerprint density at radius 3 is 2.68 bits per heavy atom. The summed E-state index contributed by atoms with van der Waals surface area (Å²) >= 11 is 12.9. The zero-order valence-corrected chi connectivity index (χ0v) is 17.5. The summed E-state index contributed by atoms with van der Waals surface area (Å²) in [7, 11) is 0. The number of hydrogen-bond acceptors (Lipinski definition) is 6. The first kappa shape index (κ1) is 20.5. The summed E-state index contributed by atoms with van der Waals surface area (Å²) in [4.78, 5) is 12.0. The molecule has 1 N–H and O–H groups in total. The van der Waals surface area contributed by atoms with E-state index < -0.39 is 0 Å². The first-order valence-corrected chi connectivity index (χ1v) is 10.0. The number of benzene rings is 2. The van der Waals surface area contributed by atoms with Gasteiger partial charge in [0.15, 0.2) is 6.61 Å². The van der Waals surface area contributed by atoms with Crippen molar-refractivity contribution in [3.63, 3.8) is 0 Å². The van der Waals surface area contributed by atoms with Crippen LogP contribution < -0.4 is 10.1 Å². The van der Waals surface area contributed by atoms with Crippen LogP contribution in [0.15, 0.2) is 46.0 Å². The number of aryl methyl sites for hydroxylation is 2. The molecule has 3 aromatic rings. The van der Waals surface area contributed by atoms with E-state index in [0.29, 0.717) is 26.8 Å². The fourth-order valence-electron chi connectivity index (χ4n) is 2.20. The van der Waals surface area contributed by atoms with Crippen LogP contribution >= 0.6 is 35.0 Å². The molecule has 0 fully saturated rings. The van der Waals surface area contributed by atoms with Gasteiger partial charge in [-0.15, -0.1) is 10.2 Å². The molecule has 0 saturated carbocycles. The second-order valence-electron chi connectivity index (χ2n) is 5.96. The van der Waals surface area contributed by atoms with Crippen LogP contribution in [-0.4, -0.2) is 21.9 Å². The molecular formula is C19H17Cl2N3O3S. The van der Waals surface area contributed by atoms with Gasteiger partial charge in [-0.25, -0.2) is 0 Å². The molecule has 1 aromatic heterocycles. The lowest BCUT2D eigenvalue weighted by molar-refractivity contribution is -0.113. The Morgan fingerprint density at radius 1 is 1.11 bits per heavy atom. The number of ether oxygens (including phenoxy) is 1. The van der Waals surface area contributed by atoms with Crippen molar-refractivity contribution in [2.24, 2.45) is 0 Å². The summed E-state index contributed by atoms with van der Waals surface area (Å²) in [5.41, 5.74) is 2.91. The molecule has 0 bridgehead atoms. The van der Waals surface area contributed by atoms with E-state index in [1.165, 1.54) is 5.56 Å². The number of thioether (sulfide) groups is 1. The standard InChI is InChI=1S/C19H17Cl2N3O3S/c1-11-3-5-14(7-12(11)2)26-9-18-23-24-19(27-18)28-10-17(25)22-13-4-6-15(20)16(21)8-13/h3-8H,9-10H2,1-2H3,(H,22,25). The Kier molecular flexibility index (Phi) is 6.83. The Labute approximate surface area is 176 Å². The number of hydrogen-bond donors (Lipinski definition) is 1. The van der Waals surface area contributed by atoms with Gasteiger partial charge in [0, 0.05) is 5.69 Å². The molecule has 0 radical (unpaired) electrons. The summed E-state index contributed by atoms with van der Waals surface area (Å²) in [5.74, 6) is 0.955. The van der Waals surface area contributed by atoms with Gasteiger partial charge in [-0.05, 0) is 55.3 Å². The van der Waals surface area contributed by atoms with E-state index >= 15 is 0 Å². The minimum absolute atomic E-state index is 0.111. The van der Waals surface area contributed by atoms with Crippen LogP contribution in [0.4, 0.5) is 5.69 Å². The molecule has 0 saturated heterocycles. The molecule has 6 nitrogen and oxygen atoms in total. The highest BCUT2D eigenvalue weighted by molar-refractivity contribution is 7.99. The van der Waals surface area contributed by atoms with Gasteiger partial charge in [-0.1, -0.05) is 41.0 Å². The van der Waals surface area contributed by atoms with Crippen LogP contribution in [0.3, 0.4) is 0 Å². The highest BCUT2D eigenvalue weighted by atomic mass is 35.5. The van der Waals surface area contributed by atoms with E-state index in [2.05, 4.69) is 15.5 Å². The van der Waals surface area contributed by atoms with Crippen molar-refractivity contribution in [2.75, 3.05) is 11.1 Å². The second kappa shape index (κ2) is 9.32. The molecular weight excluding hydrogens is 421 g/mol. The molecule has 9 heteroatoms. The normalized spacial score (nSPS) is 10.7. The van der Waals surface area contributed by atoms with Gasteiger partial charge in [0.2, 0.25) is 5.91 Å². The zero-order valence-electron chi connectivity index (χ0n) is 15.2.